The number of allylic oxidation sites excluding steroid dienone is 2. The summed E-state index contributed by atoms with van der Waals surface area (Å²) in [5.41, 5.74) is 5.83. The average Bonchev–Trinajstić information content (AvgIpc) is 2.60. The van der Waals surface area contributed by atoms with Gasteiger partial charge >= 0.3 is 0 Å². The molecule has 0 radical (unpaired) electrons. The Labute approximate surface area is 149 Å². The summed E-state index contributed by atoms with van der Waals surface area (Å²) < 4.78 is 0. The van der Waals surface area contributed by atoms with Crippen LogP contribution in [0.3, 0.4) is 0 Å². The summed E-state index contributed by atoms with van der Waals surface area (Å²) in [6.07, 6.45) is 7.76. The molecule has 2 aliphatic carbocycles. The summed E-state index contributed by atoms with van der Waals surface area (Å²) in [5.74, 6) is 3.77. The van der Waals surface area contributed by atoms with E-state index in [4.69, 9.17) is 0 Å². The fraction of sp³-hybridized carbons (Fsp3) is 0.583. The van der Waals surface area contributed by atoms with Crippen molar-refractivity contribution in [3.8, 4) is 0 Å². The molecule has 1 aromatic carbocycles. The van der Waals surface area contributed by atoms with Crippen molar-refractivity contribution in [1.29, 1.82) is 0 Å². The SMILES string of the molecule is C=C(CC)CCCC1CCC(C)C2C(C)c3ccccc3C(=C)C12. The van der Waals surface area contributed by atoms with Crippen molar-refractivity contribution in [2.24, 2.45) is 23.7 Å². The van der Waals surface area contributed by atoms with Gasteiger partial charge < -0.3 is 0 Å². The molecule has 3 rings (SSSR count). The van der Waals surface area contributed by atoms with Gasteiger partial charge in [0, 0.05) is 0 Å². The first-order valence-corrected chi connectivity index (χ1v) is 9.99. The van der Waals surface area contributed by atoms with Crippen molar-refractivity contribution in [3.63, 3.8) is 0 Å². The minimum Gasteiger partial charge on any atom is -0.0999 e. The zero-order valence-electron chi connectivity index (χ0n) is 15.9. The van der Waals surface area contributed by atoms with E-state index in [9.17, 15) is 0 Å². The second-order valence-electron chi connectivity index (χ2n) is 8.31. The van der Waals surface area contributed by atoms with E-state index >= 15 is 0 Å². The highest BCUT2D eigenvalue weighted by molar-refractivity contribution is 5.71. The lowest BCUT2D eigenvalue weighted by molar-refractivity contribution is 0.107. The minimum atomic E-state index is 0.667. The minimum absolute atomic E-state index is 0.667. The molecular weight excluding hydrogens is 288 g/mol. The molecule has 5 unspecified atom stereocenters. The van der Waals surface area contributed by atoms with Crippen LogP contribution in [0.4, 0.5) is 0 Å². The van der Waals surface area contributed by atoms with Gasteiger partial charge in [0.05, 0.1) is 0 Å². The van der Waals surface area contributed by atoms with Gasteiger partial charge in [-0.25, -0.2) is 0 Å². The van der Waals surface area contributed by atoms with Gasteiger partial charge in [-0.2, -0.15) is 0 Å². The van der Waals surface area contributed by atoms with Gasteiger partial charge in [-0.1, -0.05) is 70.2 Å². The molecule has 0 aliphatic heterocycles. The molecule has 1 fully saturated rings. The maximum absolute atomic E-state index is 4.60. The van der Waals surface area contributed by atoms with Crippen molar-refractivity contribution in [2.75, 3.05) is 0 Å². The maximum atomic E-state index is 4.60. The highest BCUT2D eigenvalue weighted by Gasteiger charge is 2.45. The number of hydrogen-bond donors (Lipinski definition) is 0. The zero-order chi connectivity index (χ0) is 17.3. The Morgan fingerprint density at radius 1 is 1.17 bits per heavy atom. The van der Waals surface area contributed by atoms with E-state index in [1.807, 2.05) is 0 Å². The van der Waals surface area contributed by atoms with Crippen molar-refractivity contribution < 1.29 is 0 Å². The van der Waals surface area contributed by atoms with E-state index in [2.05, 4.69) is 58.2 Å². The van der Waals surface area contributed by atoms with Crippen LogP contribution in [0.25, 0.3) is 5.57 Å². The summed E-state index contributed by atoms with van der Waals surface area (Å²) in [4.78, 5) is 0. The topological polar surface area (TPSA) is 0 Å². The Kier molecular flexibility index (Phi) is 5.33. The van der Waals surface area contributed by atoms with Gasteiger partial charge in [0.1, 0.15) is 0 Å². The highest BCUT2D eigenvalue weighted by atomic mass is 14.5. The molecule has 0 bridgehead atoms. The molecule has 130 valence electrons. The Morgan fingerprint density at radius 2 is 1.92 bits per heavy atom. The molecule has 0 amide bonds. The van der Waals surface area contributed by atoms with Crippen molar-refractivity contribution >= 4 is 5.57 Å². The molecule has 0 N–H and O–H groups in total. The predicted molar refractivity (Wildman–Crippen MR) is 106 cm³/mol. The molecule has 1 saturated carbocycles. The number of benzene rings is 1. The molecule has 2 aliphatic rings. The fourth-order valence-corrected chi connectivity index (χ4v) is 5.53. The Bertz CT molecular complexity index is 608. The first kappa shape index (κ1) is 17.5. The van der Waals surface area contributed by atoms with Crippen molar-refractivity contribution in [1.82, 2.24) is 0 Å². The molecule has 1 aromatic rings. The first-order chi connectivity index (χ1) is 11.5. The van der Waals surface area contributed by atoms with Crippen LogP contribution < -0.4 is 0 Å². The molecule has 0 heterocycles. The molecule has 0 nitrogen and oxygen atoms in total. The highest BCUT2D eigenvalue weighted by Crippen LogP contribution is 2.56. The van der Waals surface area contributed by atoms with Gasteiger partial charge in [-0.3, -0.25) is 0 Å². The lowest BCUT2D eigenvalue weighted by Crippen LogP contribution is -2.40. The lowest BCUT2D eigenvalue weighted by atomic mass is 9.55. The predicted octanol–water partition coefficient (Wildman–Crippen LogP) is 7.23. The summed E-state index contributed by atoms with van der Waals surface area (Å²) >= 11 is 0. The normalized spacial score (nSPS) is 32.1. The summed E-state index contributed by atoms with van der Waals surface area (Å²) in [6.45, 7) is 15.9. The first-order valence-electron chi connectivity index (χ1n) is 9.99. The molecule has 0 spiro atoms. The number of hydrogen-bond acceptors (Lipinski definition) is 0. The second-order valence-corrected chi connectivity index (χ2v) is 8.31. The standard InChI is InChI=1S/C24H34/c1-6-16(2)10-9-11-20-15-14-17(3)23-18(4)21-12-7-8-13-22(21)19(5)24(20)23/h7-8,12-13,17-18,20,23-24H,2,5-6,9-11,14-15H2,1,3-4H3. The third-order valence-electron chi connectivity index (χ3n) is 6.95. The van der Waals surface area contributed by atoms with E-state index in [-0.39, 0.29) is 0 Å². The van der Waals surface area contributed by atoms with Gasteiger partial charge in [0.2, 0.25) is 0 Å². The van der Waals surface area contributed by atoms with Crippen LogP contribution in [0, 0.1) is 23.7 Å². The summed E-state index contributed by atoms with van der Waals surface area (Å²) in [5, 5.41) is 0. The van der Waals surface area contributed by atoms with Gasteiger partial charge in [-0.05, 0) is 78.4 Å². The summed E-state index contributed by atoms with van der Waals surface area (Å²) in [7, 11) is 0. The number of rotatable bonds is 5. The smallest absolute Gasteiger partial charge is 0.00968 e. The monoisotopic (exact) mass is 322 g/mol. The molecule has 0 heteroatoms. The van der Waals surface area contributed by atoms with Crippen LogP contribution in [0.2, 0.25) is 0 Å². The fourth-order valence-electron chi connectivity index (χ4n) is 5.53. The number of fused-ring (bicyclic) bond motifs is 2. The lowest BCUT2D eigenvalue weighted by Gasteiger charge is -2.50. The van der Waals surface area contributed by atoms with Crippen LogP contribution in [-0.4, -0.2) is 0 Å². The zero-order valence-corrected chi connectivity index (χ0v) is 15.9. The van der Waals surface area contributed by atoms with Crippen LogP contribution >= 0.6 is 0 Å². The molecular formula is C24H34. The van der Waals surface area contributed by atoms with Crippen LogP contribution in [0.1, 0.15) is 76.3 Å². The van der Waals surface area contributed by atoms with E-state index in [0.717, 1.165) is 24.2 Å². The van der Waals surface area contributed by atoms with Crippen LogP contribution in [-0.2, 0) is 0 Å². The third-order valence-corrected chi connectivity index (χ3v) is 6.95. The second kappa shape index (κ2) is 7.30. The molecule has 0 saturated heterocycles. The third kappa shape index (κ3) is 3.13. The van der Waals surface area contributed by atoms with Crippen molar-refractivity contribution in [2.45, 2.75) is 65.2 Å². The van der Waals surface area contributed by atoms with Gasteiger partial charge in [0.25, 0.3) is 0 Å². The molecule has 0 aromatic heterocycles. The summed E-state index contributed by atoms with van der Waals surface area (Å²) in [6, 6.07) is 9.02. The Balaban J connectivity index is 1.83. The van der Waals surface area contributed by atoms with Gasteiger partial charge in [-0.15, -0.1) is 0 Å². The maximum Gasteiger partial charge on any atom is -0.00968 e. The largest absolute Gasteiger partial charge is 0.0999 e. The van der Waals surface area contributed by atoms with Crippen LogP contribution in [0.15, 0.2) is 43.0 Å². The van der Waals surface area contributed by atoms with E-state index in [0.29, 0.717) is 11.8 Å². The van der Waals surface area contributed by atoms with Crippen LogP contribution in [0.5, 0.6) is 0 Å². The average molecular weight is 323 g/mol. The van der Waals surface area contributed by atoms with Gasteiger partial charge in [0.15, 0.2) is 0 Å². The Morgan fingerprint density at radius 3 is 2.67 bits per heavy atom. The Hall–Kier alpha value is -1.30. The van der Waals surface area contributed by atoms with E-state index < -0.39 is 0 Å². The van der Waals surface area contributed by atoms with E-state index in [1.54, 1.807) is 0 Å². The van der Waals surface area contributed by atoms with E-state index in [1.165, 1.54) is 54.4 Å². The van der Waals surface area contributed by atoms with Crippen molar-refractivity contribution in [3.05, 3.63) is 54.1 Å². The molecule has 5 atom stereocenters. The molecule has 24 heavy (non-hydrogen) atoms. The quantitative estimate of drug-likeness (QED) is 0.501.